The van der Waals surface area contributed by atoms with Crippen LogP contribution in [0.3, 0.4) is 0 Å². The minimum Gasteiger partial charge on any atom is -0.328 e. The second kappa shape index (κ2) is 6.69. The number of halogens is 3. The molecular formula is C14H9F3N2O3S. The number of anilines is 1. The standard InChI is InChI=1S/C14H9F3N2O3S/c15-14(16,17)9-5-6-13(11(7-9)19(21)22)23-12-4-2-1-3-10(12)18-8-20/h1-8H,(H,18,20). The van der Waals surface area contributed by atoms with Crippen LogP contribution in [-0.4, -0.2) is 11.3 Å². The third-order valence-corrected chi connectivity index (χ3v) is 3.95. The first-order valence-electron chi connectivity index (χ1n) is 6.15. The lowest BCUT2D eigenvalue weighted by Crippen LogP contribution is -2.06. The first-order valence-corrected chi connectivity index (χ1v) is 6.97. The fourth-order valence-corrected chi connectivity index (χ4v) is 2.77. The number of nitro benzene ring substituents is 1. The Hall–Kier alpha value is -2.55. The Morgan fingerprint density at radius 1 is 1.13 bits per heavy atom. The summed E-state index contributed by atoms with van der Waals surface area (Å²) in [4.78, 5) is 21.3. The number of nitrogens with one attached hydrogen (secondary N) is 1. The third-order valence-electron chi connectivity index (χ3n) is 2.80. The highest BCUT2D eigenvalue weighted by Crippen LogP contribution is 2.41. The van der Waals surface area contributed by atoms with E-state index in [1.807, 2.05) is 0 Å². The number of carbonyl (C=O) groups is 1. The maximum absolute atomic E-state index is 12.7. The lowest BCUT2D eigenvalue weighted by molar-refractivity contribution is -0.388. The molecule has 0 aromatic heterocycles. The Bertz CT molecular complexity index is 750. The smallest absolute Gasteiger partial charge is 0.328 e. The number of hydrogen-bond donors (Lipinski definition) is 1. The number of nitro groups is 1. The van der Waals surface area contributed by atoms with Crippen molar-refractivity contribution < 1.29 is 22.9 Å². The number of hydrogen-bond acceptors (Lipinski definition) is 4. The Morgan fingerprint density at radius 2 is 1.83 bits per heavy atom. The van der Waals surface area contributed by atoms with Crippen molar-refractivity contribution in [1.82, 2.24) is 0 Å². The van der Waals surface area contributed by atoms with Crippen molar-refractivity contribution in [3.63, 3.8) is 0 Å². The van der Waals surface area contributed by atoms with Crippen LogP contribution in [0.15, 0.2) is 52.3 Å². The Labute approximate surface area is 132 Å². The zero-order valence-corrected chi connectivity index (χ0v) is 12.1. The number of alkyl halides is 3. The van der Waals surface area contributed by atoms with Crippen LogP contribution in [0.1, 0.15) is 5.56 Å². The van der Waals surface area contributed by atoms with Crippen LogP contribution in [0.4, 0.5) is 24.5 Å². The summed E-state index contributed by atoms with van der Waals surface area (Å²) >= 11 is 0.898. The molecule has 0 unspecified atom stereocenters. The molecule has 0 fully saturated rings. The fraction of sp³-hybridized carbons (Fsp3) is 0.0714. The Kier molecular flexibility index (Phi) is 4.89. The number of para-hydroxylation sites is 1. The van der Waals surface area contributed by atoms with Gasteiger partial charge in [0.05, 0.1) is 21.1 Å². The molecule has 0 aliphatic heterocycles. The van der Waals surface area contributed by atoms with Crippen LogP contribution >= 0.6 is 11.8 Å². The molecule has 2 aromatic carbocycles. The summed E-state index contributed by atoms with van der Waals surface area (Å²) in [7, 11) is 0. The Morgan fingerprint density at radius 3 is 2.43 bits per heavy atom. The van der Waals surface area contributed by atoms with Gasteiger partial charge in [-0.15, -0.1) is 0 Å². The fourth-order valence-electron chi connectivity index (χ4n) is 1.78. The molecule has 0 aliphatic rings. The van der Waals surface area contributed by atoms with Gasteiger partial charge in [-0.05, 0) is 24.3 Å². The van der Waals surface area contributed by atoms with Gasteiger partial charge < -0.3 is 5.32 Å². The molecule has 0 saturated heterocycles. The number of benzene rings is 2. The lowest BCUT2D eigenvalue weighted by Gasteiger charge is -2.10. The maximum atomic E-state index is 12.7. The SMILES string of the molecule is O=CNc1ccccc1Sc1ccc(C(F)(F)F)cc1[N+](=O)[O-]. The molecule has 2 rings (SSSR count). The highest BCUT2D eigenvalue weighted by atomic mass is 32.2. The normalized spacial score (nSPS) is 11.1. The van der Waals surface area contributed by atoms with E-state index in [0.717, 1.165) is 23.9 Å². The average molecular weight is 342 g/mol. The van der Waals surface area contributed by atoms with E-state index in [1.165, 1.54) is 0 Å². The minimum atomic E-state index is -4.66. The molecule has 5 nitrogen and oxygen atoms in total. The molecule has 0 bridgehead atoms. The summed E-state index contributed by atoms with van der Waals surface area (Å²) in [5, 5.41) is 13.5. The largest absolute Gasteiger partial charge is 0.416 e. The van der Waals surface area contributed by atoms with Crippen molar-refractivity contribution in [2.75, 3.05) is 5.32 Å². The van der Waals surface area contributed by atoms with E-state index in [4.69, 9.17) is 0 Å². The van der Waals surface area contributed by atoms with Crippen LogP contribution in [0, 0.1) is 10.1 Å². The van der Waals surface area contributed by atoms with Crippen molar-refractivity contribution in [2.45, 2.75) is 16.0 Å². The van der Waals surface area contributed by atoms with Gasteiger partial charge in [-0.2, -0.15) is 13.2 Å². The maximum Gasteiger partial charge on any atom is 0.416 e. The summed E-state index contributed by atoms with van der Waals surface area (Å²) in [6.07, 6.45) is -4.22. The van der Waals surface area contributed by atoms with Crippen LogP contribution in [0.2, 0.25) is 0 Å². The average Bonchev–Trinajstić information content (AvgIpc) is 2.48. The van der Waals surface area contributed by atoms with Crippen molar-refractivity contribution >= 4 is 29.5 Å². The molecule has 9 heteroatoms. The number of amides is 1. The van der Waals surface area contributed by atoms with Crippen molar-refractivity contribution in [3.05, 3.63) is 58.1 Å². The van der Waals surface area contributed by atoms with Gasteiger partial charge in [-0.1, -0.05) is 23.9 Å². The molecule has 1 N–H and O–H groups in total. The van der Waals surface area contributed by atoms with E-state index in [0.29, 0.717) is 23.1 Å². The summed E-state index contributed by atoms with van der Waals surface area (Å²) in [6.45, 7) is 0. The first kappa shape index (κ1) is 16.8. The van der Waals surface area contributed by atoms with Crippen LogP contribution < -0.4 is 5.32 Å². The van der Waals surface area contributed by atoms with E-state index >= 15 is 0 Å². The van der Waals surface area contributed by atoms with Gasteiger partial charge in [0.2, 0.25) is 6.41 Å². The molecule has 0 saturated carbocycles. The highest BCUT2D eigenvalue weighted by molar-refractivity contribution is 7.99. The summed E-state index contributed by atoms with van der Waals surface area (Å²) in [5.74, 6) is 0. The monoisotopic (exact) mass is 342 g/mol. The topological polar surface area (TPSA) is 72.2 Å². The molecule has 120 valence electrons. The van der Waals surface area contributed by atoms with Gasteiger partial charge in [0.15, 0.2) is 0 Å². The molecule has 0 radical (unpaired) electrons. The van der Waals surface area contributed by atoms with Crippen molar-refractivity contribution in [2.24, 2.45) is 0 Å². The van der Waals surface area contributed by atoms with E-state index in [1.54, 1.807) is 24.3 Å². The summed E-state index contributed by atoms with van der Waals surface area (Å²) < 4.78 is 38.0. The second-order valence-corrected chi connectivity index (χ2v) is 5.38. The van der Waals surface area contributed by atoms with Gasteiger partial charge in [0.25, 0.3) is 5.69 Å². The predicted octanol–water partition coefficient (Wildman–Crippen LogP) is 4.33. The molecular weight excluding hydrogens is 333 g/mol. The van der Waals surface area contributed by atoms with E-state index in [2.05, 4.69) is 5.32 Å². The van der Waals surface area contributed by atoms with Crippen molar-refractivity contribution in [3.8, 4) is 0 Å². The molecule has 0 heterocycles. The summed E-state index contributed by atoms with van der Waals surface area (Å²) in [6, 6.07) is 8.79. The van der Waals surface area contributed by atoms with Gasteiger partial charge >= 0.3 is 6.18 Å². The molecule has 0 aliphatic carbocycles. The predicted molar refractivity (Wildman–Crippen MR) is 78.4 cm³/mol. The van der Waals surface area contributed by atoms with Gasteiger partial charge in [0.1, 0.15) is 0 Å². The van der Waals surface area contributed by atoms with Crippen LogP contribution in [-0.2, 0) is 11.0 Å². The summed E-state index contributed by atoms with van der Waals surface area (Å²) in [5.41, 5.74) is -1.33. The minimum absolute atomic E-state index is 0.0446. The molecule has 1 amide bonds. The second-order valence-electron chi connectivity index (χ2n) is 4.30. The molecule has 0 spiro atoms. The number of nitrogens with zero attached hydrogens (tertiary/aromatic N) is 1. The number of carbonyl (C=O) groups excluding carboxylic acids is 1. The third kappa shape index (κ3) is 4.01. The van der Waals surface area contributed by atoms with Gasteiger partial charge in [-0.3, -0.25) is 14.9 Å². The molecule has 2 aromatic rings. The molecule has 23 heavy (non-hydrogen) atoms. The van der Waals surface area contributed by atoms with Crippen LogP contribution in [0.25, 0.3) is 0 Å². The zero-order valence-electron chi connectivity index (χ0n) is 11.3. The van der Waals surface area contributed by atoms with Crippen molar-refractivity contribution in [1.29, 1.82) is 0 Å². The Balaban J connectivity index is 2.44. The first-order chi connectivity index (χ1) is 10.8. The van der Waals surface area contributed by atoms with E-state index in [-0.39, 0.29) is 4.90 Å². The quantitative estimate of drug-likeness (QED) is 0.499. The van der Waals surface area contributed by atoms with E-state index in [9.17, 15) is 28.1 Å². The van der Waals surface area contributed by atoms with Gasteiger partial charge in [0, 0.05) is 11.0 Å². The van der Waals surface area contributed by atoms with E-state index < -0.39 is 22.4 Å². The molecule has 0 atom stereocenters. The van der Waals surface area contributed by atoms with Gasteiger partial charge in [-0.25, -0.2) is 0 Å². The van der Waals surface area contributed by atoms with Crippen LogP contribution in [0.5, 0.6) is 0 Å². The highest BCUT2D eigenvalue weighted by Gasteiger charge is 2.33. The zero-order chi connectivity index (χ0) is 17.0. The lowest BCUT2D eigenvalue weighted by atomic mass is 10.2. The number of rotatable bonds is 5.